The minimum absolute atomic E-state index is 0.129. The molecule has 0 bridgehead atoms. The van der Waals surface area contributed by atoms with Gasteiger partial charge in [0.25, 0.3) is 0 Å². The van der Waals surface area contributed by atoms with Crippen LogP contribution in [0.5, 0.6) is 0 Å². The summed E-state index contributed by atoms with van der Waals surface area (Å²) in [6.07, 6.45) is 1.63. The van der Waals surface area contributed by atoms with E-state index in [4.69, 9.17) is 4.74 Å². The standard InChI is InChI=1S/C28H28O3/c1-20-11-9-10-16-24(20)21(2)26-25(29)19-28(31-27(26)30,23-14-7-4-8-15-23)18-17-22-12-5-3-6-13-22/h3-16,21,29H,17-19H2,1-2H3. The highest BCUT2D eigenvalue weighted by molar-refractivity contribution is 5.92. The lowest BCUT2D eigenvalue weighted by molar-refractivity contribution is -0.161. The Labute approximate surface area is 184 Å². The minimum atomic E-state index is -0.882. The molecule has 4 rings (SSSR count). The number of aryl methyl sites for hydroxylation is 2. The van der Waals surface area contributed by atoms with Gasteiger partial charge in [-0.1, -0.05) is 91.9 Å². The smallest absolute Gasteiger partial charge is 0.338 e. The number of rotatable bonds is 6. The highest BCUT2D eigenvalue weighted by Gasteiger charge is 2.44. The molecule has 2 unspecified atom stereocenters. The maximum atomic E-state index is 13.3. The number of hydrogen-bond donors (Lipinski definition) is 1. The Balaban J connectivity index is 1.70. The maximum absolute atomic E-state index is 13.3. The number of aliphatic hydroxyl groups excluding tert-OH is 1. The van der Waals surface area contributed by atoms with E-state index in [1.54, 1.807) is 0 Å². The van der Waals surface area contributed by atoms with Gasteiger partial charge in [0.15, 0.2) is 0 Å². The molecule has 0 aromatic heterocycles. The van der Waals surface area contributed by atoms with E-state index in [1.807, 2.05) is 86.6 Å². The van der Waals surface area contributed by atoms with Crippen LogP contribution < -0.4 is 0 Å². The molecule has 3 nitrogen and oxygen atoms in total. The molecule has 0 saturated heterocycles. The van der Waals surface area contributed by atoms with Gasteiger partial charge in [-0.3, -0.25) is 0 Å². The molecule has 0 saturated carbocycles. The second-order valence-electron chi connectivity index (χ2n) is 8.35. The van der Waals surface area contributed by atoms with Crippen molar-refractivity contribution in [1.82, 2.24) is 0 Å². The molecular formula is C28H28O3. The third kappa shape index (κ3) is 4.27. The van der Waals surface area contributed by atoms with Crippen molar-refractivity contribution in [3.8, 4) is 0 Å². The Kier molecular flexibility index (Phi) is 5.94. The van der Waals surface area contributed by atoms with Crippen molar-refractivity contribution in [2.75, 3.05) is 0 Å². The molecule has 2 atom stereocenters. The predicted molar refractivity (Wildman–Crippen MR) is 123 cm³/mol. The lowest BCUT2D eigenvalue weighted by atomic mass is 9.79. The van der Waals surface area contributed by atoms with Gasteiger partial charge in [0.2, 0.25) is 0 Å². The van der Waals surface area contributed by atoms with Crippen LogP contribution in [0.4, 0.5) is 0 Å². The fourth-order valence-corrected chi connectivity index (χ4v) is 4.58. The molecule has 0 amide bonds. The number of cyclic esters (lactones) is 1. The zero-order valence-electron chi connectivity index (χ0n) is 18.0. The summed E-state index contributed by atoms with van der Waals surface area (Å²) in [7, 11) is 0. The van der Waals surface area contributed by atoms with Crippen LogP contribution in [0, 0.1) is 6.92 Å². The van der Waals surface area contributed by atoms with Crippen LogP contribution in [-0.4, -0.2) is 11.1 Å². The van der Waals surface area contributed by atoms with Crippen LogP contribution in [0.25, 0.3) is 0 Å². The van der Waals surface area contributed by atoms with Gasteiger partial charge in [0.1, 0.15) is 11.4 Å². The van der Waals surface area contributed by atoms with E-state index in [2.05, 4.69) is 12.1 Å². The van der Waals surface area contributed by atoms with Crippen LogP contribution in [0.1, 0.15) is 47.9 Å². The molecule has 31 heavy (non-hydrogen) atoms. The molecule has 0 radical (unpaired) electrons. The summed E-state index contributed by atoms with van der Waals surface area (Å²) < 4.78 is 6.19. The molecule has 3 aromatic carbocycles. The Morgan fingerprint density at radius 2 is 1.55 bits per heavy atom. The summed E-state index contributed by atoms with van der Waals surface area (Å²) in [4.78, 5) is 13.3. The topological polar surface area (TPSA) is 46.5 Å². The van der Waals surface area contributed by atoms with Crippen LogP contribution in [0.3, 0.4) is 0 Å². The molecule has 0 aliphatic carbocycles. The summed E-state index contributed by atoms with van der Waals surface area (Å²) in [5.41, 5.74) is 3.68. The van der Waals surface area contributed by atoms with Gasteiger partial charge in [0, 0.05) is 12.3 Å². The highest BCUT2D eigenvalue weighted by Crippen LogP contribution is 2.44. The van der Waals surface area contributed by atoms with Gasteiger partial charge in [-0.2, -0.15) is 0 Å². The normalized spacial score (nSPS) is 19.7. The van der Waals surface area contributed by atoms with Crippen molar-refractivity contribution in [2.45, 2.75) is 44.6 Å². The van der Waals surface area contributed by atoms with Gasteiger partial charge in [0.05, 0.1) is 5.57 Å². The second-order valence-corrected chi connectivity index (χ2v) is 8.35. The Morgan fingerprint density at radius 3 is 2.19 bits per heavy atom. The number of hydrogen-bond acceptors (Lipinski definition) is 3. The largest absolute Gasteiger partial charge is 0.512 e. The summed E-state index contributed by atoms with van der Waals surface area (Å²) in [6, 6.07) is 27.9. The van der Waals surface area contributed by atoms with Crippen molar-refractivity contribution < 1.29 is 14.6 Å². The molecule has 158 valence electrons. The average Bonchev–Trinajstić information content (AvgIpc) is 2.79. The van der Waals surface area contributed by atoms with Crippen molar-refractivity contribution >= 4 is 5.97 Å². The first-order chi connectivity index (χ1) is 15.0. The molecule has 0 fully saturated rings. The number of carbonyl (C=O) groups excluding carboxylic acids is 1. The molecular weight excluding hydrogens is 384 g/mol. The average molecular weight is 413 g/mol. The minimum Gasteiger partial charge on any atom is -0.512 e. The number of carbonyl (C=O) groups is 1. The Hall–Kier alpha value is -3.33. The van der Waals surface area contributed by atoms with Crippen molar-refractivity contribution in [2.24, 2.45) is 0 Å². The lowest BCUT2D eigenvalue weighted by Crippen LogP contribution is -2.39. The Morgan fingerprint density at radius 1 is 0.935 bits per heavy atom. The van der Waals surface area contributed by atoms with E-state index in [0.29, 0.717) is 12.0 Å². The van der Waals surface area contributed by atoms with Crippen molar-refractivity contribution in [3.63, 3.8) is 0 Å². The van der Waals surface area contributed by atoms with Crippen molar-refractivity contribution in [1.29, 1.82) is 0 Å². The molecule has 1 N–H and O–H groups in total. The third-order valence-electron chi connectivity index (χ3n) is 6.32. The predicted octanol–water partition coefficient (Wildman–Crippen LogP) is 6.39. The monoisotopic (exact) mass is 412 g/mol. The van der Waals surface area contributed by atoms with Crippen LogP contribution in [0.2, 0.25) is 0 Å². The highest BCUT2D eigenvalue weighted by atomic mass is 16.6. The number of esters is 1. The molecule has 1 heterocycles. The fourth-order valence-electron chi connectivity index (χ4n) is 4.58. The first kappa shape index (κ1) is 20.9. The molecule has 3 aromatic rings. The Bertz CT molecular complexity index is 1090. The summed E-state index contributed by atoms with van der Waals surface area (Å²) in [5, 5.41) is 11.1. The number of benzene rings is 3. The van der Waals surface area contributed by atoms with E-state index >= 15 is 0 Å². The SMILES string of the molecule is Cc1ccccc1C(C)C1=C(O)CC(CCc2ccccc2)(c2ccccc2)OC1=O. The van der Waals surface area contributed by atoms with Gasteiger partial charge < -0.3 is 9.84 Å². The van der Waals surface area contributed by atoms with Crippen LogP contribution in [-0.2, 0) is 21.6 Å². The van der Waals surface area contributed by atoms with E-state index in [-0.39, 0.29) is 18.1 Å². The summed E-state index contributed by atoms with van der Waals surface area (Å²) >= 11 is 0. The molecule has 3 heteroatoms. The van der Waals surface area contributed by atoms with E-state index in [1.165, 1.54) is 5.56 Å². The van der Waals surface area contributed by atoms with Crippen molar-refractivity contribution in [3.05, 3.63) is 119 Å². The zero-order valence-corrected chi connectivity index (χ0v) is 18.0. The van der Waals surface area contributed by atoms with Crippen LogP contribution in [0.15, 0.2) is 96.3 Å². The number of ether oxygens (including phenoxy) is 1. The maximum Gasteiger partial charge on any atom is 0.338 e. The second kappa shape index (κ2) is 8.81. The quantitative estimate of drug-likeness (QED) is 0.478. The van der Waals surface area contributed by atoms with Gasteiger partial charge >= 0.3 is 5.97 Å². The third-order valence-corrected chi connectivity index (χ3v) is 6.32. The number of aliphatic hydroxyl groups is 1. The van der Waals surface area contributed by atoms with E-state index in [0.717, 1.165) is 23.1 Å². The van der Waals surface area contributed by atoms with E-state index in [9.17, 15) is 9.90 Å². The molecule has 0 spiro atoms. The fraction of sp³-hybridized carbons (Fsp3) is 0.250. The molecule has 1 aliphatic rings. The first-order valence-corrected chi connectivity index (χ1v) is 10.8. The summed E-state index contributed by atoms with van der Waals surface area (Å²) in [6.45, 7) is 3.97. The van der Waals surface area contributed by atoms with Gasteiger partial charge in [-0.25, -0.2) is 4.79 Å². The lowest BCUT2D eigenvalue weighted by Gasteiger charge is -2.39. The molecule has 1 aliphatic heterocycles. The van der Waals surface area contributed by atoms with Gasteiger partial charge in [-0.15, -0.1) is 0 Å². The van der Waals surface area contributed by atoms with E-state index < -0.39 is 11.6 Å². The zero-order chi connectivity index (χ0) is 21.8. The van der Waals surface area contributed by atoms with Gasteiger partial charge in [-0.05, 0) is 42.0 Å². The summed E-state index contributed by atoms with van der Waals surface area (Å²) in [5.74, 6) is -0.545. The van der Waals surface area contributed by atoms with Crippen LogP contribution >= 0.6 is 0 Å². The first-order valence-electron chi connectivity index (χ1n) is 10.8.